The van der Waals surface area contributed by atoms with Gasteiger partial charge in [-0.15, -0.1) is 11.3 Å². The van der Waals surface area contributed by atoms with Crippen LogP contribution in [0.4, 0.5) is 5.00 Å². The number of hydrogen-bond donors (Lipinski definition) is 1. The van der Waals surface area contributed by atoms with Crippen LogP contribution < -0.4 is 16.2 Å². The van der Waals surface area contributed by atoms with E-state index in [-0.39, 0.29) is 23.9 Å². The lowest BCUT2D eigenvalue weighted by Gasteiger charge is -2.39. The van der Waals surface area contributed by atoms with Gasteiger partial charge in [0.2, 0.25) is 5.88 Å². The first-order valence-electron chi connectivity index (χ1n) is 16.1. The molecule has 13 heteroatoms. The van der Waals surface area contributed by atoms with Crippen LogP contribution in [0.25, 0.3) is 22.7 Å². The second-order valence-electron chi connectivity index (χ2n) is 13.1. The van der Waals surface area contributed by atoms with Crippen LogP contribution in [-0.2, 0) is 30.0 Å². The van der Waals surface area contributed by atoms with Crippen molar-refractivity contribution in [3.8, 4) is 23.5 Å². The summed E-state index contributed by atoms with van der Waals surface area (Å²) in [4.78, 5) is 27.2. The van der Waals surface area contributed by atoms with Gasteiger partial charge in [0.1, 0.15) is 17.2 Å². The van der Waals surface area contributed by atoms with Crippen LogP contribution in [0.2, 0.25) is 0 Å². The van der Waals surface area contributed by atoms with Crippen molar-refractivity contribution in [3.63, 3.8) is 0 Å². The van der Waals surface area contributed by atoms with Crippen molar-refractivity contribution in [2.24, 2.45) is 7.05 Å². The summed E-state index contributed by atoms with van der Waals surface area (Å²) in [6, 6.07) is 2.51. The molecule has 236 valence electrons. The van der Waals surface area contributed by atoms with Gasteiger partial charge in [-0.25, -0.2) is 9.78 Å². The predicted octanol–water partition coefficient (Wildman–Crippen LogP) is 4.08. The normalized spacial score (nSPS) is 25.5. The molecule has 4 aliphatic rings. The number of nitrogens with two attached hydrogens (primary N) is 1. The second-order valence-corrected chi connectivity index (χ2v) is 14.3. The minimum atomic E-state index is -0.452. The summed E-state index contributed by atoms with van der Waals surface area (Å²) in [7, 11) is 3.87. The molecule has 2 fully saturated rings. The monoisotopic (exact) mass is 630 g/mol. The molecule has 8 rings (SSSR count). The topological polar surface area (TPSA) is 150 Å². The van der Waals surface area contributed by atoms with Crippen LogP contribution in [0.3, 0.4) is 0 Å². The van der Waals surface area contributed by atoms with Gasteiger partial charge in [-0.3, -0.25) is 14.0 Å². The Morgan fingerprint density at radius 1 is 1.18 bits per heavy atom. The maximum absolute atomic E-state index is 13.7. The van der Waals surface area contributed by atoms with E-state index in [2.05, 4.69) is 30.1 Å². The van der Waals surface area contributed by atoms with Crippen molar-refractivity contribution in [2.45, 2.75) is 88.3 Å². The zero-order valence-corrected chi connectivity index (χ0v) is 26.8. The largest absolute Gasteiger partial charge is 0.471 e. The van der Waals surface area contributed by atoms with E-state index in [1.165, 1.54) is 16.2 Å². The third-order valence-corrected chi connectivity index (χ3v) is 11.7. The molecule has 6 heterocycles. The molecule has 2 N–H and O–H groups in total. The van der Waals surface area contributed by atoms with E-state index in [4.69, 9.17) is 29.7 Å². The van der Waals surface area contributed by atoms with Gasteiger partial charge in [0.05, 0.1) is 23.6 Å². The summed E-state index contributed by atoms with van der Waals surface area (Å²) in [6.07, 6.45) is 8.03. The molecule has 0 radical (unpaired) electrons. The molecule has 0 saturated carbocycles. The van der Waals surface area contributed by atoms with Crippen molar-refractivity contribution < 1.29 is 14.0 Å². The van der Waals surface area contributed by atoms with Crippen LogP contribution in [-0.4, -0.2) is 68.1 Å². The predicted molar refractivity (Wildman–Crippen MR) is 169 cm³/mol. The highest BCUT2D eigenvalue weighted by atomic mass is 32.1. The van der Waals surface area contributed by atoms with E-state index in [9.17, 15) is 10.1 Å². The number of likely N-dealkylation sites (tertiary alicyclic amines) is 1. The minimum Gasteiger partial charge on any atom is -0.471 e. The fraction of sp³-hybridized carbons (Fsp3) is 0.594. The van der Waals surface area contributed by atoms with Gasteiger partial charge in [-0.05, 0) is 83.9 Å². The Balaban J connectivity index is 1.30. The number of ether oxygens (including phenoxy) is 2. The summed E-state index contributed by atoms with van der Waals surface area (Å²) >= 11 is 1.53. The Morgan fingerprint density at radius 2 is 2.00 bits per heavy atom. The molecule has 2 saturated heterocycles. The highest BCUT2D eigenvalue weighted by molar-refractivity contribution is 7.16. The van der Waals surface area contributed by atoms with Crippen molar-refractivity contribution in [2.75, 3.05) is 32.5 Å². The van der Waals surface area contributed by atoms with E-state index in [1.807, 2.05) is 0 Å². The van der Waals surface area contributed by atoms with Crippen LogP contribution in [0.15, 0.2) is 9.32 Å². The number of rotatable bonds is 5. The number of nitrogen functional groups attached to an aromatic ring is 1. The van der Waals surface area contributed by atoms with Gasteiger partial charge in [-0.2, -0.15) is 10.2 Å². The molecule has 0 aromatic carbocycles. The average molecular weight is 631 g/mol. The van der Waals surface area contributed by atoms with Gasteiger partial charge in [-0.1, -0.05) is 5.16 Å². The molecular weight excluding hydrogens is 592 g/mol. The summed E-state index contributed by atoms with van der Waals surface area (Å²) in [5, 5.41) is 15.3. The van der Waals surface area contributed by atoms with Crippen LogP contribution >= 0.6 is 11.3 Å². The van der Waals surface area contributed by atoms with Gasteiger partial charge >= 0.3 is 5.69 Å². The van der Waals surface area contributed by atoms with E-state index < -0.39 is 5.41 Å². The first-order valence-corrected chi connectivity index (χ1v) is 16.9. The molecule has 0 amide bonds. The molecule has 2 aliphatic carbocycles. The Hall–Kier alpha value is -3.73. The molecule has 4 aromatic rings. The number of nitrogens with zero attached hydrogens (tertiary/aromatic N) is 7. The lowest BCUT2D eigenvalue weighted by Crippen LogP contribution is -2.38. The maximum atomic E-state index is 13.7. The number of likely N-dealkylation sites (N-methyl/N-ethyl adjacent to an activating group) is 1. The fourth-order valence-corrected chi connectivity index (χ4v) is 9.64. The van der Waals surface area contributed by atoms with Crippen LogP contribution in [0, 0.1) is 11.3 Å². The Labute approximate surface area is 264 Å². The van der Waals surface area contributed by atoms with Gasteiger partial charge in [0.25, 0.3) is 0 Å². The number of nitriles is 1. The lowest BCUT2D eigenvalue weighted by atomic mass is 9.63. The van der Waals surface area contributed by atoms with Gasteiger partial charge < -0.3 is 19.7 Å². The Morgan fingerprint density at radius 3 is 2.73 bits per heavy atom. The Kier molecular flexibility index (Phi) is 6.81. The van der Waals surface area contributed by atoms with E-state index in [1.54, 1.807) is 16.2 Å². The molecule has 4 aromatic heterocycles. The van der Waals surface area contributed by atoms with Crippen molar-refractivity contribution >= 4 is 27.5 Å². The fourth-order valence-electron chi connectivity index (χ4n) is 8.48. The standard InChI is InChI=1S/C32H38N8O4S/c1-17(21-8-6-13-38(21)2)43-30-25-29(40(31(41)39(25)3)18-10-14-42-16-18)35-28(36-30)24-19-7-4-11-32(26(19)44-37-24)12-5-9-22-23(32)20(15-33)27(34)45-22/h17-18,21H,4-14,16,34H2,1-3H3/t17-,18+,21-,32-/m0/s1. The number of aromatic nitrogens is 5. The van der Waals surface area contributed by atoms with Gasteiger partial charge in [0, 0.05) is 30.1 Å². The van der Waals surface area contributed by atoms with Crippen LogP contribution in [0.5, 0.6) is 5.88 Å². The number of fused-ring (bicyclic) bond motifs is 5. The molecule has 2 aliphatic heterocycles. The quantitative estimate of drug-likeness (QED) is 0.342. The van der Waals surface area contributed by atoms with Crippen molar-refractivity contribution in [1.82, 2.24) is 29.2 Å². The summed E-state index contributed by atoms with van der Waals surface area (Å²) in [5.74, 6) is 1.55. The third-order valence-electron chi connectivity index (χ3n) is 10.6. The highest BCUT2D eigenvalue weighted by Crippen LogP contribution is 2.55. The number of aryl methyl sites for hydroxylation is 2. The van der Waals surface area contributed by atoms with E-state index in [0.717, 1.165) is 81.2 Å². The highest BCUT2D eigenvalue weighted by Gasteiger charge is 2.49. The SMILES string of the molecule is C[C@H](Oc1nc(-c2noc3c2CCC[C@@]32CCCc3sc(N)c(C#N)c32)nc2c1n(C)c(=O)n2[C@@H]1CCOC1)[C@@H]1CCCN1C. The van der Waals surface area contributed by atoms with Gasteiger partial charge in [0.15, 0.2) is 28.4 Å². The van der Waals surface area contributed by atoms with Crippen molar-refractivity contribution in [1.29, 1.82) is 5.26 Å². The minimum absolute atomic E-state index is 0.126. The molecule has 0 unspecified atom stereocenters. The number of hydrogen-bond acceptors (Lipinski definition) is 11. The zero-order valence-electron chi connectivity index (χ0n) is 26.0. The van der Waals surface area contributed by atoms with Crippen LogP contribution in [0.1, 0.15) is 85.2 Å². The third kappa shape index (κ3) is 4.22. The first kappa shape index (κ1) is 28.7. The molecule has 1 spiro atoms. The number of anilines is 1. The molecule has 4 atom stereocenters. The van der Waals surface area contributed by atoms with E-state index in [0.29, 0.717) is 52.3 Å². The lowest BCUT2D eigenvalue weighted by molar-refractivity contribution is 0.118. The molecule has 12 nitrogen and oxygen atoms in total. The smallest absolute Gasteiger partial charge is 0.330 e. The molecular formula is C32H38N8O4S. The number of thiophene rings is 1. The summed E-state index contributed by atoms with van der Waals surface area (Å²) in [5.41, 5.74) is 9.96. The average Bonchev–Trinajstić information content (AvgIpc) is 3.85. The van der Waals surface area contributed by atoms with E-state index >= 15 is 0 Å². The van der Waals surface area contributed by atoms with Crippen molar-refractivity contribution in [3.05, 3.63) is 37.8 Å². The summed E-state index contributed by atoms with van der Waals surface area (Å²) in [6.45, 7) is 4.14. The Bertz CT molecular complexity index is 1910. The molecule has 45 heavy (non-hydrogen) atoms. The zero-order chi connectivity index (χ0) is 31.0. The molecule has 0 bridgehead atoms. The maximum Gasteiger partial charge on any atom is 0.330 e. The second kappa shape index (κ2) is 10.7. The first-order chi connectivity index (χ1) is 21.8. The number of imidazole rings is 1. The summed E-state index contributed by atoms with van der Waals surface area (Å²) < 4.78 is 21.9.